The van der Waals surface area contributed by atoms with E-state index in [1.807, 2.05) is 36.5 Å². The van der Waals surface area contributed by atoms with Crippen LogP contribution in [0.3, 0.4) is 0 Å². The van der Waals surface area contributed by atoms with E-state index in [9.17, 15) is 0 Å². The number of benzene rings is 1. The van der Waals surface area contributed by atoms with Gasteiger partial charge >= 0.3 is 0 Å². The molecule has 2 nitrogen and oxygen atoms in total. The Balaban J connectivity index is 0.000000720. The van der Waals surface area contributed by atoms with Crippen molar-refractivity contribution in [2.45, 2.75) is 0 Å². The van der Waals surface area contributed by atoms with Gasteiger partial charge in [0, 0.05) is 38.1 Å². The van der Waals surface area contributed by atoms with Gasteiger partial charge < -0.3 is 4.98 Å². The molecule has 2 rings (SSSR count). The van der Waals surface area contributed by atoms with Gasteiger partial charge in [-0.05, 0) is 0 Å². The van der Waals surface area contributed by atoms with Crippen molar-refractivity contribution in [3.63, 3.8) is 0 Å². The molecule has 0 unspecified atom stereocenters. The molecule has 0 saturated heterocycles. The molecular formula is C9H8IrN2. The van der Waals surface area contributed by atoms with E-state index in [-0.39, 0.29) is 20.1 Å². The van der Waals surface area contributed by atoms with E-state index in [1.165, 1.54) is 0 Å². The molecule has 0 bridgehead atoms. The number of nitrogens with one attached hydrogen (secondary N) is 1. The fourth-order valence-electron chi connectivity index (χ4n) is 1.02. The molecular weight excluding hydrogens is 328 g/mol. The second kappa shape index (κ2) is 4.19. The smallest absolute Gasteiger partial charge is 0.137 e. The fourth-order valence-corrected chi connectivity index (χ4v) is 1.02. The molecule has 1 aromatic heterocycles. The Hall–Kier alpha value is -0.921. The molecule has 2 aromatic rings. The number of hydrogen-bond acceptors (Lipinski definition) is 1. The summed E-state index contributed by atoms with van der Waals surface area (Å²) in [7, 11) is 0. The van der Waals surface area contributed by atoms with E-state index in [0.717, 1.165) is 11.4 Å². The molecule has 0 aliphatic rings. The van der Waals surface area contributed by atoms with Crippen molar-refractivity contribution in [2.75, 3.05) is 0 Å². The molecule has 0 fully saturated rings. The van der Waals surface area contributed by atoms with Crippen LogP contribution in [0.25, 0.3) is 11.4 Å². The summed E-state index contributed by atoms with van der Waals surface area (Å²) in [4.78, 5) is 7.17. The number of imidazole rings is 1. The van der Waals surface area contributed by atoms with E-state index in [2.05, 4.69) is 9.97 Å². The quantitative estimate of drug-likeness (QED) is 0.849. The molecule has 0 amide bonds. The van der Waals surface area contributed by atoms with Crippen LogP contribution in [0.15, 0.2) is 42.7 Å². The zero-order chi connectivity index (χ0) is 7.52. The maximum Gasteiger partial charge on any atom is 0.137 e. The van der Waals surface area contributed by atoms with E-state index >= 15 is 0 Å². The number of nitrogens with zero attached hydrogens (tertiary/aromatic N) is 1. The second-order valence-corrected chi connectivity index (χ2v) is 2.30. The SMILES string of the molecule is [Ir].c1ccc(-c2ncc[nH]2)cc1. The molecule has 0 aliphatic heterocycles. The molecule has 63 valence electrons. The van der Waals surface area contributed by atoms with Gasteiger partial charge in [-0.3, -0.25) is 0 Å². The predicted octanol–water partition coefficient (Wildman–Crippen LogP) is 2.07. The summed E-state index contributed by atoms with van der Waals surface area (Å²) < 4.78 is 0. The van der Waals surface area contributed by atoms with Crippen LogP contribution in [0.2, 0.25) is 0 Å². The Morgan fingerprint density at radius 1 is 1.08 bits per heavy atom. The number of rotatable bonds is 1. The molecule has 0 saturated carbocycles. The third kappa shape index (κ3) is 1.81. The summed E-state index contributed by atoms with van der Waals surface area (Å²) in [6.45, 7) is 0. The molecule has 0 spiro atoms. The first-order valence-electron chi connectivity index (χ1n) is 3.51. The molecule has 3 heteroatoms. The van der Waals surface area contributed by atoms with Gasteiger partial charge in [-0.1, -0.05) is 30.3 Å². The van der Waals surface area contributed by atoms with E-state index in [0.29, 0.717) is 0 Å². The first-order valence-corrected chi connectivity index (χ1v) is 3.51. The van der Waals surface area contributed by atoms with Crippen LogP contribution in [0.5, 0.6) is 0 Å². The van der Waals surface area contributed by atoms with Gasteiger partial charge in [0.2, 0.25) is 0 Å². The maximum absolute atomic E-state index is 4.13. The minimum atomic E-state index is 0. The Morgan fingerprint density at radius 3 is 2.42 bits per heavy atom. The first-order chi connectivity index (χ1) is 5.47. The number of aromatic nitrogens is 2. The molecule has 0 aliphatic carbocycles. The third-order valence-electron chi connectivity index (χ3n) is 1.55. The first kappa shape index (κ1) is 9.17. The largest absolute Gasteiger partial charge is 0.345 e. The van der Waals surface area contributed by atoms with Crippen molar-refractivity contribution < 1.29 is 20.1 Å². The number of aromatic amines is 1. The normalized spacial score (nSPS) is 9.00. The minimum absolute atomic E-state index is 0. The monoisotopic (exact) mass is 337 g/mol. The van der Waals surface area contributed by atoms with Crippen molar-refractivity contribution in [1.82, 2.24) is 9.97 Å². The summed E-state index contributed by atoms with van der Waals surface area (Å²) >= 11 is 0. The molecule has 1 aromatic carbocycles. The zero-order valence-corrected chi connectivity index (χ0v) is 8.72. The van der Waals surface area contributed by atoms with Gasteiger partial charge in [0.1, 0.15) is 5.82 Å². The standard InChI is InChI=1S/C9H8N2.Ir/c1-2-4-8(5-3-1)9-10-6-7-11-9;/h1-7H,(H,10,11);. The third-order valence-corrected chi connectivity index (χ3v) is 1.55. The molecule has 12 heavy (non-hydrogen) atoms. The van der Waals surface area contributed by atoms with Crippen LogP contribution in [-0.4, -0.2) is 9.97 Å². The van der Waals surface area contributed by atoms with Crippen LogP contribution in [0.1, 0.15) is 0 Å². The topological polar surface area (TPSA) is 28.7 Å². The summed E-state index contributed by atoms with van der Waals surface area (Å²) in [5, 5.41) is 0. The van der Waals surface area contributed by atoms with Crippen LogP contribution in [-0.2, 0) is 20.1 Å². The van der Waals surface area contributed by atoms with Crippen molar-refractivity contribution >= 4 is 0 Å². The Kier molecular flexibility index (Phi) is 3.20. The summed E-state index contributed by atoms with van der Waals surface area (Å²) in [5.41, 5.74) is 1.12. The average molecular weight is 336 g/mol. The average Bonchev–Trinajstić information content (AvgIpc) is 2.58. The van der Waals surface area contributed by atoms with Gasteiger partial charge in [0.15, 0.2) is 0 Å². The summed E-state index contributed by atoms with van der Waals surface area (Å²) in [6.07, 6.45) is 3.57. The molecule has 1 heterocycles. The Bertz CT molecular complexity index is 316. The van der Waals surface area contributed by atoms with Crippen molar-refractivity contribution in [3.05, 3.63) is 42.7 Å². The predicted molar refractivity (Wildman–Crippen MR) is 44.0 cm³/mol. The summed E-state index contributed by atoms with van der Waals surface area (Å²) in [6, 6.07) is 10.0. The minimum Gasteiger partial charge on any atom is -0.345 e. The van der Waals surface area contributed by atoms with Crippen molar-refractivity contribution in [3.8, 4) is 11.4 Å². The van der Waals surface area contributed by atoms with Crippen molar-refractivity contribution in [1.29, 1.82) is 0 Å². The van der Waals surface area contributed by atoms with E-state index in [4.69, 9.17) is 0 Å². The Labute approximate surface area is 84.4 Å². The van der Waals surface area contributed by atoms with Crippen LogP contribution in [0, 0.1) is 0 Å². The number of H-pyrrole nitrogens is 1. The van der Waals surface area contributed by atoms with Crippen LogP contribution >= 0.6 is 0 Å². The zero-order valence-electron chi connectivity index (χ0n) is 6.32. The molecule has 1 radical (unpaired) electrons. The maximum atomic E-state index is 4.13. The molecule has 0 atom stereocenters. The van der Waals surface area contributed by atoms with Gasteiger partial charge in [-0.15, -0.1) is 0 Å². The van der Waals surface area contributed by atoms with Gasteiger partial charge in [-0.25, -0.2) is 4.98 Å². The van der Waals surface area contributed by atoms with Gasteiger partial charge in [-0.2, -0.15) is 0 Å². The van der Waals surface area contributed by atoms with E-state index in [1.54, 1.807) is 6.20 Å². The molecule has 1 N–H and O–H groups in total. The van der Waals surface area contributed by atoms with E-state index < -0.39 is 0 Å². The number of hydrogen-bond donors (Lipinski definition) is 1. The van der Waals surface area contributed by atoms with Crippen molar-refractivity contribution in [2.24, 2.45) is 0 Å². The summed E-state index contributed by atoms with van der Waals surface area (Å²) in [5.74, 6) is 0.922. The van der Waals surface area contributed by atoms with Gasteiger partial charge in [0.05, 0.1) is 0 Å². The van der Waals surface area contributed by atoms with Gasteiger partial charge in [0.25, 0.3) is 0 Å². The van der Waals surface area contributed by atoms with Crippen LogP contribution in [0.4, 0.5) is 0 Å². The fraction of sp³-hybridized carbons (Fsp3) is 0. The van der Waals surface area contributed by atoms with Crippen LogP contribution < -0.4 is 0 Å². The second-order valence-electron chi connectivity index (χ2n) is 2.30. The Morgan fingerprint density at radius 2 is 1.83 bits per heavy atom.